The Kier molecular flexibility index (Phi) is 3.93. The molecule has 1 amide bonds. The molecule has 0 aromatic heterocycles. The van der Waals surface area contributed by atoms with Gasteiger partial charge in [0.2, 0.25) is 5.91 Å². The SMILES string of the molecule is O=C1OCC2(CCN(C(=O)[C@]3(Cc4ccccc4)C[C@@H]4CC[C@H]3N4)CC2)O1. The second-order valence-corrected chi connectivity index (χ2v) is 8.63. The number of fused-ring (bicyclic) bond motifs is 2. The number of hydrogen-bond donors (Lipinski definition) is 1. The molecule has 0 aliphatic carbocycles. The van der Waals surface area contributed by atoms with Gasteiger partial charge >= 0.3 is 6.16 Å². The van der Waals surface area contributed by atoms with Crippen LogP contribution in [0.3, 0.4) is 0 Å². The fourth-order valence-corrected chi connectivity index (χ4v) is 5.57. The molecule has 4 aliphatic heterocycles. The maximum atomic E-state index is 13.7. The van der Waals surface area contributed by atoms with Crippen LogP contribution in [0.1, 0.15) is 37.7 Å². The lowest BCUT2D eigenvalue weighted by Crippen LogP contribution is -2.56. The molecule has 1 aromatic carbocycles. The van der Waals surface area contributed by atoms with Crippen LogP contribution in [0, 0.1) is 5.41 Å². The number of carbonyl (C=O) groups is 2. The van der Waals surface area contributed by atoms with Crippen LogP contribution in [0.15, 0.2) is 30.3 Å². The van der Waals surface area contributed by atoms with Gasteiger partial charge in [0.15, 0.2) is 5.60 Å². The molecule has 6 nitrogen and oxygen atoms in total. The highest BCUT2D eigenvalue weighted by molar-refractivity contribution is 5.85. The molecule has 4 saturated heterocycles. The molecule has 4 heterocycles. The average Bonchev–Trinajstić information content (AvgIpc) is 3.38. The van der Waals surface area contributed by atoms with Crippen LogP contribution in [-0.2, 0) is 20.7 Å². The van der Waals surface area contributed by atoms with Crippen LogP contribution >= 0.6 is 0 Å². The summed E-state index contributed by atoms with van der Waals surface area (Å²) in [5, 5.41) is 3.68. The Balaban J connectivity index is 1.35. The second kappa shape index (κ2) is 6.23. The van der Waals surface area contributed by atoms with Crippen LogP contribution in [0.25, 0.3) is 0 Å². The third-order valence-electron chi connectivity index (χ3n) is 7.02. The highest BCUT2D eigenvalue weighted by Gasteiger charge is 2.57. The number of cyclic esters (lactones) is 1. The fourth-order valence-electron chi connectivity index (χ4n) is 5.57. The number of hydrogen-bond acceptors (Lipinski definition) is 5. The minimum absolute atomic E-state index is 0.263. The minimum Gasteiger partial charge on any atom is -0.430 e. The second-order valence-electron chi connectivity index (χ2n) is 8.63. The van der Waals surface area contributed by atoms with E-state index in [1.807, 2.05) is 23.1 Å². The molecule has 0 unspecified atom stereocenters. The summed E-state index contributed by atoms with van der Waals surface area (Å²) < 4.78 is 10.4. The first-order chi connectivity index (χ1) is 13.1. The Labute approximate surface area is 159 Å². The molecule has 2 bridgehead atoms. The van der Waals surface area contributed by atoms with Gasteiger partial charge in [0, 0.05) is 38.0 Å². The Morgan fingerprint density at radius 1 is 1.19 bits per heavy atom. The average molecular weight is 370 g/mol. The largest absolute Gasteiger partial charge is 0.509 e. The van der Waals surface area contributed by atoms with Crippen molar-refractivity contribution >= 4 is 12.1 Å². The number of amides is 1. The van der Waals surface area contributed by atoms with E-state index in [1.165, 1.54) is 12.0 Å². The molecule has 144 valence electrons. The van der Waals surface area contributed by atoms with Crippen molar-refractivity contribution in [3.63, 3.8) is 0 Å². The quantitative estimate of drug-likeness (QED) is 0.827. The van der Waals surface area contributed by atoms with E-state index in [4.69, 9.17) is 9.47 Å². The summed E-state index contributed by atoms with van der Waals surface area (Å²) in [7, 11) is 0. The fraction of sp³-hybridized carbons (Fsp3) is 0.619. The van der Waals surface area contributed by atoms with Crippen molar-refractivity contribution in [3.8, 4) is 0 Å². The van der Waals surface area contributed by atoms with E-state index in [2.05, 4.69) is 17.4 Å². The van der Waals surface area contributed by atoms with Crippen molar-refractivity contribution in [1.29, 1.82) is 0 Å². The maximum Gasteiger partial charge on any atom is 0.509 e. The van der Waals surface area contributed by atoms with E-state index in [9.17, 15) is 9.59 Å². The number of ether oxygens (including phenoxy) is 2. The van der Waals surface area contributed by atoms with Gasteiger partial charge in [-0.25, -0.2) is 4.79 Å². The van der Waals surface area contributed by atoms with Crippen molar-refractivity contribution in [3.05, 3.63) is 35.9 Å². The summed E-state index contributed by atoms with van der Waals surface area (Å²) in [6.07, 6.45) is 4.71. The number of likely N-dealkylation sites (tertiary alicyclic amines) is 1. The van der Waals surface area contributed by atoms with Gasteiger partial charge in [-0.3, -0.25) is 4.79 Å². The van der Waals surface area contributed by atoms with Crippen LogP contribution in [-0.4, -0.2) is 54.3 Å². The van der Waals surface area contributed by atoms with Gasteiger partial charge in [-0.15, -0.1) is 0 Å². The van der Waals surface area contributed by atoms with Crippen molar-refractivity contribution in [1.82, 2.24) is 10.2 Å². The molecule has 27 heavy (non-hydrogen) atoms. The monoisotopic (exact) mass is 370 g/mol. The van der Waals surface area contributed by atoms with Gasteiger partial charge in [-0.1, -0.05) is 30.3 Å². The van der Waals surface area contributed by atoms with Gasteiger partial charge in [0.25, 0.3) is 0 Å². The number of nitrogens with one attached hydrogen (secondary N) is 1. The van der Waals surface area contributed by atoms with Crippen molar-refractivity contribution in [2.45, 2.75) is 56.2 Å². The summed E-state index contributed by atoms with van der Waals surface area (Å²) in [6, 6.07) is 11.1. The molecule has 5 rings (SSSR count). The Bertz CT molecular complexity index is 744. The van der Waals surface area contributed by atoms with E-state index in [1.54, 1.807) is 0 Å². The van der Waals surface area contributed by atoms with E-state index in [0.717, 1.165) is 19.3 Å². The zero-order valence-electron chi connectivity index (χ0n) is 15.5. The molecule has 1 spiro atoms. The Hall–Kier alpha value is -2.08. The molecule has 6 heteroatoms. The first kappa shape index (κ1) is 17.0. The predicted molar refractivity (Wildman–Crippen MR) is 98.1 cm³/mol. The Morgan fingerprint density at radius 2 is 1.96 bits per heavy atom. The van der Waals surface area contributed by atoms with Crippen molar-refractivity contribution in [2.75, 3.05) is 19.7 Å². The molecule has 3 atom stereocenters. The van der Waals surface area contributed by atoms with E-state index in [0.29, 0.717) is 38.6 Å². The zero-order chi connectivity index (χ0) is 18.5. The molecular formula is C21H26N2O4. The number of carbonyl (C=O) groups excluding carboxylic acids is 2. The van der Waals surface area contributed by atoms with E-state index < -0.39 is 11.8 Å². The molecule has 0 radical (unpaired) electrons. The lowest BCUT2D eigenvalue weighted by Gasteiger charge is -2.43. The lowest BCUT2D eigenvalue weighted by molar-refractivity contribution is -0.147. The molecular weight excluding hydrogens is 344 g/mol. The molecule has 4 fully saturated rings. The highest BCUT2D eigenvalue weighted by atomic mass is 16.8. The number of piperidine rings is 1. The summed E-state index contributed by atoms with van der Waals surface area (Å²) in [4.78, 5) is 27.1. The number of nitrogens with zero attached hydrogens (tertiary/aromatic N) is 1. The van der Waals surface area contributed by atoms with Gasteiger partial charge in [0.05, 0.1) is 5.41 Å². The summed E-state index contributed by atoms with van der Waals surface area (Å²) >= 11 is 0. The van der Waals surface area contributed by atoms with Gasteiger partial charge in [-0.2, -0.15) is 0 Å². The summed E-state index contributed by atoms with van der Waals surface area (Å²) in [5.41, 5.74) is 0.358. The van der Waals surface area contributed by atoms with Crippen LogP contribution in [0.2, 0.25) is 0 Å². The maximum absolute atomic E-state index is 13.7. The molecule has 4 aliphatic rings. The smallest absolute Gasteiger partial charge is 0.430 e. The number of benzene rings is 1. The third-order valence-corrected chi connectivity index (χ3v) is 7.02. The van der Waals surface area contributed by atoms with E-state index >= 15 is 0 Å². The topological polar surface area (TPSA) is 67.9 Å². The van der Waals surface area contributed by atoms with Gasteiger partial charge < -0.3 is 19.7 Å². The first-order valence-corrected chi connectivity index (χ1v) is 10.0. The van der Waals surface area contributed by atoms with Crippen LogP contribution < -0.4 is 5.32 Å². The first-order valence-electron chi connectivity index (χ1n) is 10.0. The molecule has 1 aromatic rings. The van der Waals surface area contributed by atoms with Crippen LogP contribution in [0.5, 0.6) is 0 Å². The predicted octanol–water partition coefficient (Wildman–Crippen LogP) is 2.27. The zero-order valence-corrected chi connectivity index (χ0v) is 15.5. The third kappa shape index (κ3) is 2.81. The normalized spacial score (nSPS) is 33.9. The summed E-state index contributed by atoms with van der Waals surface area (Å²) in [6.45, 7) is 1.57. The number of rotatable bonds is 3. The summed E-state index contributed by atoms with van der Waals surface area (Å²) in [5.74, 6) is 0.270. The van der Waals surface area contributed by atoms with Gasteiger partial charge in [0.1, 0.15) is 6.61 Å². The molecule has 0 saturated carbocycles. The van der Waals surface area contributed by atoms with Crippen LogP contribution in [0.4, 0.5) is 4.79 Å². The van der Waals surface area contributed by atoms with Gasteiger partial charge in [-0.05, 0) is 31.2 Å². The van der Waals surface area contributed by atoms with E-state index in [-0.39, 0.29) is 17.4 Å². The lowest BCUT2D eigenvalue weighted by atomic mass is 9.68. The minimum atomic E-state index is -0.576. The van der Waals surface area contributed by atoms with Crippen molar-refractivity contribution in [2.24, 2.45) is 5.41 Å². The van der Waals surface area contributed by atoms with Crippen molar-refractivity contribution < 1.29 is 19.1 Å². The highest BCUT2D eigenvalue weighted by Crippen LogP contribution is 2.47. The Morgan fingerprint density at radius 3 is 2.56 bits per heavy atom. The standard InChI is InChI=1S/C21H26N2O4/c24-18(23-10-8-20(9-11-23)14-26-19(25)27-20)21(12-15-4-2-1-3-5-15)13-16-6-7-17(21)22-16/h1-5,16-17,22H,6-14H2/t16-,17+,21+/m0/s1. The molecule has 1 N–H and O–H groups in total.